The molecule has 8 heteroatoms. The Balaban J connectivity index is 1.86. The van der Waals surface area contributed by atoms with Crippen molar-refractivity contribution in [3.8, 4) is 11.9 Å². The zero-order valence-electron chi connectivity index (χ0n) is 15.9. The third-order valence-electron chi connectivity index (χ3n) is 5.05. The highest BCUT2D eigenvalue weighted by Crippen LogP contribution is 2.31. The highest BCUT2D eigenvalue weighted by Gasteiger charge is 2.36. The standard InChI is InChI=1S/C19H22N4O3S/c1-12-9-13(2)15(4)18(14(12)3)27(24,25)23-8-5-16(11-23)26-19-17(10-20)21-6-7-22-19/h6-7,9,16H,5,8,11H2,1-4H3. The SMILES string of the molecule is Cc1cc(C)c(C)c(S(=O)(=O)N2CCC(Oc3nccnc3C#N)C2)c1C. The number of nitriles is 1. The van der Waals surface area contributed by atoms with Crippen LogP contribution in [0.1, 0.15) is 34.4 Å². The van der Waals surface area contributed by atoms with Gasteiger partial charge in [-0.2, -0.15) is 9.57 Å². The third kappa shape index (κ3) is 3.53. The molecule has 2 heterocycles. The van der Waals surface area contributed by atoms with Gasteiger partial charge in [0, 0.05) is 18.9 Å². The minimum Gasteiger partial charge on any atom is -0.471 e. The van der Waals surface area contributed by atoms with Crippen molar-refractivity contribution in [2.45, 2.75) is 45.1 Å². The summed E-state index contributed by atoms with van der Waals surface area (Å²) >= 11 is 0. The smallest absolute Gasteiger partial charge is 0.251 e. The normalized spacial score (nSPS) is 17.7. The Kier molecular flexibility index (Phi) is 5.18. The molecule has 1 fully saturated rings. The third-order valence-corrected chi connectivity index (χ3v) is 7.19. The van der Waals surface area contributed by atoms with Gasteiger partial charge < -0.3 is 4.74 Å². The minimum absolute atomic E-state index is 0.0970. The summed E-state index contributed by atoms with van der Waals surface area (Å²) in [6.07, 6.45) is 3.03. The van der Waals surface area contributed by atoms with Gasteiger partial charge in [-0.1, -0.05) is 6.07 Å². The molecule has 0 N–H and O–H groups in total. The van der Waals surface area contributed by atoms with E-state index in [9.17, 15) is 8.42 Å². The topological polar surface area (TPSA) is 96.2 Å². The molecule has 1 unspecified atom stereocenters. The maximum atomic E-state index is 13.3. The molecule has 0 bridgehead atoms. The van der Waals surface area contributed by atoms with Gasteiger partial charge in [-0.25, -0.2) is 18.4 Å². The first kappa shape index (κ1) is 19.3. The van der Waals surface area contributed by atoms with E-state index in [0.717, 1.165) is 22.3 Å². The highest BCUT2D eigenvalue weighted by atomic mass is 32.2. The van der Waals surface area contributed by atoms with E-state index in [1.807, 2.05) is 39.8 Å². The number of nitrogens with zero attached hydrogens (tertiary/aromatic N) is 4. The van der Waals surface area contributed by atoms with Crippen LogP contribution in [-0.4, -0.2) is 41.9 Å². The first-order valence-corrected chi connectivity index (χ1v) is 10.1. The lowest BCUT2D eigenvalue weighted by molar-refractivity contribution is 0.205. The van der Waals surface area contributed by atoms with Crippen molar-refractivity contribution >= 4 is 10.0 Å². The molecule has 1 aliphatic heterocycles. The van der Waals surface area contributed by atoms with Crippen LogP contribution in [0.5, 0.6) is 5.88 Å². The highest BCUT2D eigenvalue weighted by molar-refractivity contribution is 7.89. The van der Waals surface area contributed by atoms with Gasteiger partial charge in [0.2, 0.25) is 15.7 Å². The Bertz CT molecular complexity index is 1000. The van der Waals surface area contributed by atoms with Gasteiger partial charge >= 0.3 is 0 Å². The lowest BCUT2D eigenvalue weighted by Gasteiger charge is -2.22. The van der Waals surface area contributed by atoms with Crippen molar-refractivity contribution in [2.75, 3.05) is 13.1 Å². The van der Waals surface area contributed by atoms with Crippen LogP contribution < -0.4 is 4.74 Å². The average Bonchev–Trinajstić information content (AvgIpc) is 3.10. The first-order valence-electron chi connectivity index (χ1n) is 8.71. The lowest BCUT2D eigenvalue weighted by atomic mass is 10.0. The van der Waals surface area contributed by atoms with E-state index in [1.165, 1.54) is 16.7 Å². The molecule has 142 valence electrons. The zero-order valence-corrected chi connectivity index (χ0v) is 16.7. The molecule has 0 aliphatic carbocycles. The van der Waals surface area contributed by atoms with Gasteiger partial charge in [0.05, 0.1) is 11.4 Å². The molecule has 1 saturated heterocycles. The van der Waals surface area contributed by atoms with Crippen molar-refractivity contribution in [3.63, 3.8) is 0 Å². The second kappa shape index (κ2) is 7.25. The Morgan fingerprint density at radius 3 is 2.41 bits per heavy atom. The van der Waals surface area contributed by atoms with Crippen LogP contribution in [-0.2, 0) is 10.0 Å². The molecular formula is C19H22N4O3S. The number of aryl methyl sites for hydroxylation is 2. The number of aromatic nitrogens is 2. The fraction of sp³-hybridized carbons (Fsp3) is 0.421. The summed E-state index contributed by atoms with van der Waals surface area (Å²) in [6.45, 7) is 8.12. The maximum absolute atomic E-state index is 13.3. The monoisotopic (exact) mass is 386 g/mol. The van der Waals surface area contributed by atoms with Crippen molar-refractivity contribution in [2.24, 2.45) is 0 Å². The molecule has 0 spiro atoms. The molecule has 0 saturated carbocycles. The van der Waals surface area contributed by atoms with Gasteiger partial charge in [-0.3, -0.25) is 0 Å². The van der Waals surface area contributed by atoms with E-state index in [4.69, 9.17) is 10.00 Å². The largest absolute Gasteiger partial charge is 0.471 e. The molecule has 1 aromatic heterocycles. The lowest BCUT2D eigenvalue weighted by Crippen LogP contribution is -2.32. The van der Waals surface area contributed by atoms with E-state index >= 15 is 0 Å². The van der Waals surface area contributed by atoms with Gasteiger partial charge in [0.1, 0.15) is 12.2 Å². The molecule has 3 rings (SSSR count). The number of benzene rings is 1. The summed E-state index contributed by atoms with van der Waals surface area (Å²) < 4.78 is 33.8. The number of hydrogen-bond acceptors (Lipinski definition) is 6. The van der Waals surface area contributed by atoms with Crippen LogP contribution in [0.25, 0.3) is 0 Å². The minimum atomic E-state index is -3.63. The van der Waals surface area contributed by atoms with Crippen molar-refractivity contribution in [1.82, 2.24) is 14.3 Å². The Morgan fingerprint density at radius 1 is 1.15 bits per heavy atom. The van der Waals surface area contributed by atoms with Crippen molar-refractivity contribution in [1.29, 1.82) is 5.26 Å². The van der Waals surface area contributed by atoms with Gasteiger partial charge in [-0.15, -0.1) is 0 Å². The van der Waals surface area contributed by atoms with E-state index < -0.39 is 10.0 Å². The van der Waals surface area contributed by atoms with Crippen LogP contribution in [0, 0.1) is 39.0 Å². The first-order chi connectivity index (χ1) is 12.8. The fourth-order valence-electron chi connectivity index (χ4n) is 3.35. The van der Waals surface area contributed by atoms with Crippen molar-refractivity contribution < 1.29 is 13.2 Å². The maximum Gasteiger partial charge on any atom is 0.251 e. The quantitative estimate of drug-likeness (QED) is 0.801. The molecular weight excluding hydrogens is 364 g/mol. The van der Waals surface area contributed by atoms with E-state index in [1.54, 1.807) is 0 Å². The summed E-state index contributed by atoms with van der Waals surface area (Å²) in [6, 6.07) is 3.94. The number of rotatable bonds is 4. The molecule has 7 nitrogen and oxygen atoms in total. The number of hydrogen-bond donors (Lipinski definition) is 0. The van der Waals surface area contributed by atoms with E-state index in [0.29, 0.717) is 17.9 Å². The summed E-state index contributed by atoms with van der Waals surface area (Å²) in [7, 11) is -3.63. The van der Waals surface area contributed by atoms with Crippen LogP contribution in [0.15, 0.2) is 23.4 Å². The molecule has 27 heavy (non-hydrogen) atoms. The molecule has 1 atom stereocenters. The van der Waals surface area contributed by atoms with Gasteiger partial charge in [-0.05, 0) is 56.4 Å². The predicted octanol–water partition coefficient (Wildman–Crippen LogP) is 2.42. The second-order valence-corrected chi connectivity index (χ2v) is 8.68. The van der Waals surface area contributed by atoms with E-state index in [-0.39, 0.29) is 24.2 Å². The summed E-state index contributed by atoms with van der Waals surface area (Å²) in [4.78, 5) is 8.34. The summed E-state index contributed by atoms with van der Waals surface area (Å²) in [5.74, 6) is 0.142. The Labute approximate surface area is 159 Å². The number of ether oxygens (including phenoxy) is 1. The molecule has 0 amide bonds. The second-order valence-electron chi connectivity index (χ2n) is 6.80. The predicted molar refractivity (Wildman–Crippen MR) is 99.9 cm³/mol. The van der Waals surface area contributed by atoms with Crippen LogP contribution >= 0.6 is 0 Å². The van der Waals surface area contributed by atoms with Crippen LogP contribution in [0.2, 0.25) is 0 Å². The fourth-order valence-corrected chi connectivity index (χ4v) is 5.42. The van der Waals surface area contributed by atoms with Crippen LogP contribution in [0.4, 0.5) is 0 Å². The van der Waals surface area contributed by atoms with Gasteiger partial charge in [0.25, 0.3) is 5.88 Å². The summed E-state index contributed by atoms with van der Waals surface area (Å²) in [5, 5.41) is 9.10. The number of sulfonamides is 1. The molecule has 2 aromatic rings. The van der Waals surface area contributed by atoms with Crippen molar-refractivity contribution in [3.05, 3.63) is 46.4 Å². The zero-order chi connectivity index (χ0) is 19.8. The van der Waals surface area contributed by atoms with Crippen LogP contribution in [0.3, 0.4) is 0 Å². The molecule has 0 radical (unpaired) electrons. The van der Waals surface area contributed by atoms with E-state index in [2.05, 4.69) is 9.97 Å². The Morgan fingerprint density at radius 2 is 1.78 bits per heavy atom. The Hall–Kier alpha value is -2.50. The molecule has 1 aliphatic rings. The summed E-state index contributed by atoms with van der Waals surface area (Å²) in [5.41, 5.74) is 3.58. The average molecular weight is 386 g/mol. The van der Waals surface area contributed by atoms with Gasteiger partial charge in [0.15, 0.2) is 0 Å². The molecule has 1 aromatic carbocycles.